The Morgan fingerprint density at radius 1 is 0.224 bits per heavy atom. The van der Waals surface area contributed by atoms with E-state index in [9.17, 15) is 0 Å². The molecule has 546 valence electrons. The van der Waals surface area contributed by atoms with E-state index in [1.807, 2.05) is 0 Å². The summed E-state index contributed by atoms with van der Waals surface area (Å²) in [5, 5.41) is 14.3. The van der Waals surface area contributed by atoms with Gasteiger partial charge in [0.15, 0.2) is 34.0 Å². The van der Waals surface area contributed by atoms with E-state index in [4.69, 9.17) is 32.9 Å². The average Bonchev–Trinajstić information content (AvgIpc) is 0.746. The lowest BCUT2D eigenvalue weighted by atomic mass is 10.3. The van der Waals surface area contributed by atoms with Crippen LogP contribution in [-0.4, -0.2) is 102 Å². The Morgan fingerprint density at radius 2 is 0.364 bits per heavy atom. The maximum absolute atomic E-state index is 8.74. The van der Waals surface area contributed by atoms with Gasteiger partial charge in [-0.05, 0) is 134 Å². The number of rotatable bonds is 28. The molecule has 13 rings (SSSR count). The van der Waals surface area contributed by atoms with Crippen LogP contribution >= 0.6 is 0 Å². The van der Waals surface area contributed by atoms with E-state index in [1.54, 1.807) is 0 Å². The quantitative estimate of drug-likeness (QED) is 0.0355. The predicted molar refractivity (Wildman–Crippen MR) is 476 cm³/mol. The molecule has 0 spiro atoms. The Labute approximate surface area is 650 Å². The summed E-state index contributed by atoms with van der Waals surface area (Å²) in [7, 11) is -39.6. The Kier molecular flexibility index (Phi) is 24.0. The van der Waals surface area contributed by atoms with Crippen molar-refractivity contribution in [2.24, 2.45) is 0 Å². The molecule has 1 fully saturated rings. The zero-order chi connectivity index (χ0) is 74.9. The van der Waals surface area contributed by atoms with Crippen molar-refractivity contribution in [1.29, 1.82) is 0 Å². The highest BCUT2D eigenvalue weighted by atomic mass is 28.6. The summed E-state index contributed by atoms with van der Waals surface area (Å²) < 4.78 is 68.8. The molecule has 1 aliphatic rings. The number of hydrogen-bond donors (Lipinski definition) is 0. The second-order valence-corrected chi connectivity index (χ2v) is 77.5. The highest BCUT2D eigenvalue weighted by molar-refractivity contribution is 7.15. The minimum atomic E-state index is -3.70. The Bertz CT molecular complexity index is 4230. The van der Waals surface area contributed by atoms with Gasteiger partial charge in [0, 0.05) is 22.7 Å². The van der Waals surface area contributed by atoms with Crippen molar-refractivity contribution in [3.8, 4) is 0 Å². The maximum Gasteiger partial charge on any atom is 0.316 e. The van der Waals surface area contributed by atoms with E-state index in [1.165, 1.54) is 62.2 Å². The van der Waals surface area contributed by atoms with E-state index in [0.29, 0.717) is 22.7 Å². The third-order valence-electron chi connectivity index (χ3n) is 20.5. The molecule has 0 aromatic heterocycles. The molecule has 0 amide bonds. The van der Waals surface area contributed by atoms with E-state index in [0.717, 1.165) is 0 Å². The molecule has 1 aliphatic heterocycles. The lowest BCUT2D eigenvalue weighted by Crippen LogP contribution is -2.76. The van der Waals surface area contributed by atoms with Gasteiger partial charge in [0.1, 0.15) is 0 Å². The molecule has 0 bridgehead atoms. The van der Waals surface area contributed by atoms with Crippen LogP contribution in [0.5, 0.6) is 0 Å². The summed E-state index contributed by atoms with van der Waals surface area (Å²) in [5.74, 6) is 0. The molecule has 1 heterocycles. The van der Waals surface area contributed by atoms with Gasteiger partial charge in [-0.15, -0.1) is 0 Å². The lowest BCUT2D eigenvalue weighted by molar-refractivity contribution is 0.230. The van der Waals surface area contributed by atoms with Crippen LogP contribution < -0.4 is 62.2 Å². The molecular formula is C87H102O8Si12. The van der Waals surface area contributed by atoms with Crippen LogP contribution in [0.3, 0.4) is 0 Å². The molecule has 0 saturated carbocycles. The van der Waals surface area contributed by atoms with Gasteiger partial charge >= 0.3 is 34.2 Å². The second-order valence-electron chi connectivity index (χ2n) is 31.3. The third kappa shape index (κ3) is 17.4. The molecule has 12 aromatic rings. The fraction of sp³-hybridized carbons (Fsp3) is 0.172. The fourth-order valence-corrected chi connectivity index (χ4v) is 98.9. The van der Waals surface area contributed by atoms with Crippen molar-refractivity contribution in [3.05, 3.63) is 364 Å². The van der Waals surface area contributed by atoms with Crippen LogP contribution in [0.4, 0.5) is 0 Å². The van der Waals surface area contributed by atoms with Crippen molar-refractivity contribution in [3.63, 3.8) is 0 Å². The van der Waals surface area contributed by atoms with E-state index in [2.05, 4.69) is 436 Å². The normalized spacial score (nSPS) is 19.4. The van der Waals surface area contributed by atoms with Gasteiger partial charge in [-0.25, -0.2) is 0 Å². The van der Waals surface area contributed by atoms with Crippen LogP contribution in [0.25, 0.3) is 0 Å². The standard InChI is InChI=1S/C87H102O8Si12/c1-96(88-104(76-48-24-12-25-49-76,77-50-26-13-27-51-77)78-52-28-14-29-53-78)72-100(8)92-101(9,73-97(2,3)89-105(79-54-30-15-31-55-79,80-56-32-16-33-57-80)81-58-34-17-35-59-81)94-103(11,75-99(6,7)91-107(85-66-42-21-43-67-85,86-68-44-22-45-69-86)87-70-46-23-47-71-87)95-102(10,93-100)74-98(4,5)90-106(82-60-36-18-37-61-82,83-62-38-19-39-63-83)84-64-40-20-41-65-84/h12-71,96H,72-75H2,1-11H3. The lowest BCUT2D eigenvalue weighted by Gasteiger charge is -2.54. The van der Waals surface area contributed by atoms with Gasteiger partial charge in [0.2, 0.25) is 0 Å². The zero-order valence-corrected chi connectivity index (χ0v) is 76.0. The Hall–Kier alpha value is -7.08. The molecule has 107 heavy (non-hydrogen) atoms. The van der Waals surface area contributed by atoms with E-state index < -0.39 is 102 Å². The first-order valence-corrected chi connectivity index (χ1v) is 67.2. The summed E-state index contributed by atoms with van der Waals surface area (Å²) >= 11 is 0. The maximum atomic E-state index is 8.74. The first-order valence-electron chi connectivity index (χ1n) is 37.7. The average molecular weight is 1610 g/mol. The fourth-order valence-electron chi connectivity index (χ4n) is 17.6. The molecule has 0 N–H and O–H groups in total. The van der Waals surface area contributed by atoms with Gasteiger partial charge in [-0.2, -0.15) is 0 Å². The van der Waals surface area contributed by atoms with E-state index in [-0.39, 0.29) is 0 Å². The molecule has 1 saturated heterocycles. The summed E-state index contributed by atoms with van der Waals surface area (Å²) in [5.41, 5.74) is 2.39. The monoisotopic (exact) mass is 1610 g/mol. The number of hydrogen-bond acceptors (Lipinski definition) is 8. The molecule has 8 nitrogen and oxygen atoms in total. The predicted octanol–water partition coefficient (Wildman–Crippen LogP) is 13.2. The van der Waals surface area contributed by atoms with Gasteiger partial charge in [-0.1, -0.05) is 364 Å². The van der Waals surface area contributed by atoms with Crippen molar-refractivity contribution in [2.45, 2.75) is 94.7 Å². The van der Waals surface area contributed by atoms with Crippen LogP contribution in [-0.2, 0) is 32.9 Å². The number of benzene rings is 12. The molecule has 0 radical (unpaired) electrons. The van der Waals surface area contributed by atoms with Crippen LogP contribution in [0, 0.1) is 0 Å². The zero-order valence-electron chi connectivity index (χ0n) is 63.8. The minimum absolute atomic E-state index is 0.587. The summed E-state index contributed by atoms with van der Waals surface area (Å²) in [6.07, 6.45) is 0. The van der Waals surface area contributed by atoms with E-state index >= 15 is 0 Å². The summed E-state index contributed by atoms with van der Waals surface area (Å²) in [6, 6.07) is 132. The minimum Gasteiger partial charge on any atom is -0.448 e. The Morgan fingerprint density at radius 3 is 0.523 bits per heavy atom. The summed E-state index contributed by atoms with van der Waals surface area (Å²) in [4.78, 5) is 0. The SMILES string of the molecule is C[SiH](C[Si]1(C)O[Si](C)(C[Si](C)(C)O[Si](c2ccccc2)(c2ccccc2)c2ccccc2)O[Si](C)(C[Si](C)(C)O[Si](c2ccccc2)(c2ccccc2)c2ccccc2)O[Si](C)(C[Si](C)(C)O[Si](c2ccccc2)(c2ccccc2)c2ccccc2)O1)O[Si](c1ccccc1)(c1ccccc1)c1ccccc1. The Balaban J connectivity index is 1.000. The molecule has 3 atom stereocenters. The van der Waals surface area contributed by atoms with Gasteiger partial charge < -0.3 is 32.9 Å². The summed E-state index contributed by atoms with van der Waals surface area (Å²) in [6.45, 7) is 26.3. The molecular weight excluding hydrogens is 1510 g/mol. The van der Waals surface area contributed by atoms with Crippen LogP contribution in [0.15, 0.2) is 364 Å². The van der Waals surface area contributed by atoms with Gasteiger partial charge in [0.05, 0.1) is 0 Å². The van der Waals surface area contributed by atoms with Crippen molar-refractivity contribution in [1.82, 2.24) is 0 Å². The van der Waals surface area contributed by atoms with Gasteiger partial charge in [0.25, 0.3) is 33.3 Å². The third-order valence-corrected chi connectivity index (χ3v) is 84.5. The van der Waals surface area contributed by atoms with Crippen molar-refractivity contribution < 1.29 is 32.9 Å². The highest BCUT2D eigenvalue weighted by Crippen LogP contribution is 2.43. The van der Waals surface area contributed by atoms with Crippen molar-refractivity contribution in [2.75, 3.05) is 0 Å². The first kappa shape index (κ1) is 78.1. The smallest absolute Gasteiger partial charge is 0.316 e. The second kappa shape index (κ2) is 32.9. The topological polar surface area (TPSA) is 73.8 Å². The molecule has 20 heteroatoms. The molecule has 0 aliphatic carbocycles. The molecule has 3 unspecified atom stereocenters. The first-order chi connectivity index (χ1) is 51.4. The van der Waals surface area contributed by atoms with Crippen LogP contribution in [0.1, 0.15) is 0 Å². The highest BCUT2D eigenvalue weighted by Gasteiger charge is 2.64. The largest absolute Gasteiger partial charge is 0.448 e. The van der Waals surface area contributed by atoms with Crippen molar-refractivity contribution >= 4 is 164 Å². The van der Waals surface area contributed by atoms with Gasteiger partial charge in [-0.3, -0.25) is 0 Å². The molecule has 12 aromatic carbocycles. The van der Waals surface area contributed by atoms with Crippen LogP contribution in [0.2, 0.25) is 94.7 Å².